The molecule has 2 atom stereocenters. The fourth-order valence-electron chi connectivity index (χ4n) is 2.96. The lowest BCUT2D eigenvalue weighted by atomic mass is 9.98. The van der Waals surface area contributed by atoms with Crippen LogP contribution in [0.4, 0.5) is 0 Å². The van der Waals surface area contributed by atoms with E-state index in [-0.39, 0.29) is 24.4 Å². The summed E-state index contributed by atoms with van der Waals surface area (Å²) in [6.07, 6.45) is 2.29. The van der Waals surface area contributed by atoms with Crippen molar-refractivity contribution >= 4 is 23.5 Å². The molecule has 2 N–H and O–H groups in total. The number of carboxylic acids is 1. The molecular formula is C17H23ClN2O3. The van der Waals surface area contributed by atoms with E-state index < -0.39 is 5.97 Å². The molecule has 0 saturated carbocycles. The number of nitrogens with zero attached hydrogens (tertiary/aromatic N) is 1. The number of likely N-dealkylation sites (tertiary alicyclic amines) is 1. The minimum Gasteiger partial charge on any atom is -0.481 e. The highest BCUT2D eigenvalue weighted by Crippen LogP contribution is 2.20. The topological polar surface area (TPSA) is 69.6 Å². The Balaban J connectivity index is 1.89. The number of carbonyl (C=O) groups is 2. The summed E-state index contributed by atoms with van der Waals surface area (Å²) in [5, 5.41) is 12.8. The lowest BCUT2D eigenvalue weighted by molar-refractivity contribution is -0.144. The monoisotopic (exact) mass is 338 g/mol. The van der Waals surface area contributed by atoms with Crippen LogP contribution in [-0.4, -0.2) is 41.5 Å². The van der Waals surface area contributed by atoms with Crippen molar-refractivity contribution in [3.63, 3.8) is 0 Å². The van der Waals surface area contributed by atoms with Crippen LogP contribution < -0.4 is 5.32 Å². The summed E-state index contributed by atoms with van der Waals surface area (Å²) < 4.78 is 0. The predicted octanol–water partition coefficient (Wildman–Crippen LogP) is 2.70. The summed E-state index contributed by atoms with van der Waals surface area (Å²) in [4.78, 5) is 25.3. The Bertz CT molecular complexity index is 547. The van der Waals surface area contributed by atoms with E-state index in [0.717, 1.165) is 24.9 Å². The number of carboxylic acid groups (broad SMARTS) is 1. The molecule has 0 aliphatic carbocycles. The highest BCUT2D eigenvalue weighted by molar-refractivity contribution is 6.30. The normalized spacial score (nSPS) is 20.0. The quantitative estimate of drug-likeness (QED) is 0.836. The number of piperidine rings is 1. The van der Waals surface area contributed by atoms with Crippen molar-refractivity contribution in [2.24, 2.45) is 5.92 Å². The number of carbonyl (C=O) groups excluding carboxylic acids is 1. The van der Waals surface area contributed by atoms with Crippen LogP contribution in [0.25, 0.3) is 0 Å². The number of halogens is 1. The zero-order valence-electron chi connectivity index (χ0n) is 13.3. The Morgan fingerprint density at radius 3 is 2.70 bits per heavy atom. The highest BCUT2D eigenvalue weighted by atomic mass is 35.5. The molecule has 1 aliphatic heterocycles. The van der Waals surface area contributed by atoms with E-state index in [1.807, 2.05) is 36.1 Å². The number of hydrogen-bond acceptors (Lipinski definition) is 3. The van der Waals surface area contributed by atoms with E-state index in [0.29, 0.717) is 18.0 Å². The fourth-order valence-corrected chi connectivity index (χ4v) is 3.09. The van der Waals surface area contributed by atoms with Crippen molar-refractivity contribution in [2.75, 3.05) is 19.6 Å². The minimum absolute atomic E-state index is 0.0557. The molecule has 5 nitrogen and oxygen atoms in total. The summed E-state index contributed by atoms with van der Waals surface area (Å²) in [5.74, 6) is -1.21. The zero-order chi connectivity index (χ0) is 16.8. The maximum Gasteiger partial charge on any atom is 0.307 e. The molecule has 6 heteroatoms. The number of aliphatic carboxylic acids is 1. The maximum absolute atomic E-state index is 12.3. The Morgan fingerprint density at radius 2 is 2.09 bits per heavy atom. The molecule has 0 spiro atoms. The average Bonchev–Trinajstić information content (AvgIpc) is 2.53. The molecular weight excluding hydrogens is 316 g/mol. The first-order valence-corrected chi connectivity index (χ1v) is 8.37. The van der Waals surface area contributed by atoms with Gasteiger partial charge in [-0.2, -0.15) is 0 Å². The first kappa shape index (κ1) is 17.8. The molecule has 1 heterocycles. The molecule has 1 aromatic carbocycles. The second-order valence-corrected chi connectivity index (χ2v) is 6.43. The van der Waals surface area contributed by atoms with E-state index in [1.54, 1.807) is 0 Å². The van der Waals surface area contributed by atoms with Gasteiger partial charge < -0.3 is 10.4 Å². The first-order valence-electron chi connectivity index (χ1n) is 7.99. The molecule has 0 aromatic heterocycles. The van der Waals surface area contributed by atoms with Gasteiger partial charge in [0.05, 0.1) is 18.5 Å². The third-order valence-corrected chi connectivity index (χ3v) is 4.49. The van der Waals surface area contributed by atoms with E-state index in [4.69, 9.17) is 16.7 Å². The van der Waals surface area contributed by atoms with Crippen molar-refractivity contribution in [1.29, 1.82) is 0 Å². The van der Waals surface area contributed by atoms with E-state index >= 15 is 0 Å². The molecule has 2 rings (SSSR count). The van der Waals surface area contributed by atoms with Crippen molar-refractivity contribution in [3.05, 3.63) is 34.9 Å². The molecule has 2 unspecified atom stereocenters. The first-order chi connectivity index (χ1) is 11.0. The van der Waals surface area contributed by atoms with E-state index in [2.05, 4.69) is 5.32 Å². The number of benzene rings is 1. The van der Waals surface area contributed by atoms with Crippen LogP contribution in [0.1, 0.15) is 37.8 Å². The van der Waals surface area contributed by atoms with Gasteiger partial charge in [0.1, 0.15) is 0 Å². The van der Waals surface area contributed by atoms with Gasteiger partial charge in [0.15, 0.2) is 0 Å². The van der Waals surface area contributed by atoms with Gasteiger partial charge in [0.25, 0.3) is 0 Å². The largest absolute Gasteiger partial charge is 0.481 e. The van der Waals surface area contributed by atoms with E-state index in [1.165, 1.54) is 0 Å². The van der Waals surface area contributed by atoms with Crippen LogP contribution in [0.2, 0.25) is 5.02 Å². The van der Waals surface area contributed by atoms with Crippen LogP contribution in [-0.2, 0) is 9.59 Å². The fraction of sp³-hybridized carbons (Fsp3) is 0.529. The van der Waals surface area contributed by atoms with Gasteiger partial charge in [-0.15, -0.1) is 0 Å². The second-order valence-electron chi connectivity index (χ2n) is 5.99. The summed E-state index contributed by atoms with van der Waals surface area (Å²) in [7, 11) is 0. The smallest absolute Gasteiger partial charge is 0.307 e. The number of rotatable bonds is 6. The Morgan fingerprint density at radius 1 is 1.39 bits per heavy atom. The van der Waals surface area contributed by atoms with Crippen LogP contribution in [0.3, 0.4) is 0 Å². The van der Waals surface area contributed by atoms with Crippen LogP contribution in [0, 0.1) is 5.92 Å². The lowest BCUT2D eigenvalue weighted by Gasteiger charge is -2.30. The van der Waals surface area contributed by atoms with Gasteiger partial charge in [-0.05, 0) is 43.5 Å². The molecule has 1 aliphatic rings. The maximum atomic E-state index is 12.3. The lowest BCUT2D eigenvalue weighted by Crippen LogP contribution is -2.44. The Kier molecular flexibility index (Phi) is 6.42. The van der Waals surface area contributed by atoms with Crippen LogP contribution >= 0.6 is 11.6 Å². The number of hydrogen-bond donors (Lipinski definition) is 2. The molecule has 1 amide bonds. The second kappa shape index (κ2) is 8.31. The number of nitrogens with one attached hydrogen (secondary N) is 1. The van der Waals surface area contributed by atoms with Gasteiger partial charge in [-0.1, -0.05) is 30.7 Å². The van der Waals surface area contributed by atoms with Crippen molar-refractivity contribution in [2.45, 2.75) is 32.2 Å². The van der Waals surface area contributed by atoms with E-state index in [9.17, 15) is 9.59 Å². The molecule has 126 valence electrons. The molecule has 23 heavy (non-hydrogen) atoms. The SMILES string of the molecule is CCC(NC(=O)CN1CCCC(C(=O)O)C1)c1ccc(Cl)cc1. The van der Waals surface area contributed by atoms with Crippen molar-refractivity contribution in [1.82, 2.24) is 10.2 Å². The Labute approximate surface area is 141 Å². The number of amides is 1. The molecule has 1 saturated heterocycles. The highest BCUT2D eigenvalue weighted by Gasteiger charge is 2.26. The summed E-state index contributed by atoms with van der Waals surface area (Å²) in [6, 6.07) is 7.40. The van der Waals surface area contributed by atoms with Gasteiger partial charge >= 0.3 is 5.97 Å². The molecule has 0 radical (unpaired) electrons. The summed E-state index contributed by atoms with van der Waals surface area (Å²) >= 11 is 5.89. The van der Waals surface area contributed by atoms with Crippen LogP contribution in [0.15, 0.2) is 24.3 Å². The Hall–Kier alpha value is -1.59. The van der Waals surface area contributed by atoms with Crippen LogP contribution in [0.5, 0.6) is 0 Å². The molecule has 0 bridgehead atoms. The standard InChI is InChI=1S/C17H23ClN2O3/c1-2-15(12-5-7-14(18)8-6-12)19-16(21)11-20-9-3-4-13(10-20)17(22)23/h5-8,13,15H,2-4,9-11H2,1H3,(H,19,21)(H,22,23). The van der Waals surface area contributed by atoms with Gasteiger partial charge in [0, 0.05) is 11.6 Å². The molecule has 1 fully saturated rings. The average molecular weight is 339 g/mol. The molecule has 1 aromatic rings. The van der Waals surface area contributed by atoms with Crippen molar-refractivity contribution in [3.8, 4) is 0 Å². The van der Waals surface area contributed by atoms with Crippen molar-refractivity contribution < 1.29 is 14.7 Å². The third kappa shape index (κ3) is 5.22. The van der Waals surface area contributed by atoms with Gasteiger partial charge in [-0.3, -0.25) is 14.5 Å². The summed E-state index contributed by atoms with van der Waals surface area (Å²) in [6.45, 7) is 3.48. The van der Waals surface area contributed by atoms with Gasteiger partial charge in [-0.25, -0.2) is 0 Å². The van der Waals surface area contributed by atoms with Gasteiger partial charge in [0.2, 0.25) is 5.91 Å². The third-order valence-electron chi connectivity index (χ3n) is 4.24. The summed E-state index contributed by atoms with van der Waals surface area (Å²) in [5.41, 5.74) is 1.02. The predicted molar refractivity (Wildman–Crippen MR) is 89.4 cm³/mol. The minimum atomic E-state index is -0.775. The zero-order valence-corrected chi connectivity index (χ0v) is 14.1.